The summed E-state index contributed by atoms with van der Waals surface area (Å²) in [6.07, 6.45) is 0.902. The van der Waals surface area contributed by atoms with Crippen molar-refractivity contribution in [2.24, 2.45) is 0 Å². The maximum absolute atomic E-state index is 10.6. The van der Waals surface area contributed by atoms with Gasteiger partial charge in [-0.1, -0.05) is 30.0 Å². The Kier molecular flexibility index (Phi) is 5.15. The van der Waals surface area contributed by atoms with Gasteiger partial charge in [-0.15, -0.1) is 0 Å². The quantitative estimate of drug-likeness (QED) is 0.699. The summed E-state index contributed by atoms with van der Waals surface area (Å²) in [5.74, 6) is 1.72. The molecule has 1 aromatic carbocycles. The molecule has 0 heterocycles. The maximum atomic E-state index is 10.6. The molecule has 0 atom stereocenters. The van der Waals surface area contributed by atoms with Crippen molar-refractivity contribution in [3.63, 3.8) is 0 Å². The van der Waals surface area contributed by atoms with Crippen LogP contribution >= 0.6 is 11.8 Å². The summed E-state index contributed by atoms with van der Waals surface area (Å²) < 4.78 is 5.46. The van der Waals surface area contributed by atoms with Crippen LogP contribution in [0.4, 0.5) is 0 Å². The van der Waals surface area contributed by atoms with Gasteiger partial charge in [0.2, 0.25) is 0 Å². The van der Waals surface area contributed by atoms with Crippen molar-refractivity contribution in [1.82, 2.24) is 0 Å². The molecule has 0 aliphatic carbocycles. The van der Waals surface area contributed by atoms with Gasteiger partial charge in [0.15, 0.2) is 5.12 Å². The third-order valence-corrected chi connectivity index (χ3v) is 2.51. The van der Waals surface area contributed by atoms with Crippen LogP contribution in [0.3, 0.4) is 0 Å². The third kappa shape index (κ3) is 4.92. The SMILES string of the molecule is CC(=O)SCCCOc1ccccc1. The van der Waals surface area contributed by atoms with Crippen molar-refractivity contribution in [3.05, 3.63) is 30.3 Å². The van der Waals surface area contributed by atoms with E-state index in [-0.39, 0.29) is 5.12 Å². The van der Waals surface area contributed by atoms with Gasteiger partial charge in [0.25, 0.3) is 0 Å². The number of rotatable bonds is 5. The molecule has 0 unspecified atom stereocenters. The monoisotopic (exact) mass is 210 g/mol. The first-order valence-electron chi connectivity index (χ1n) is 4.60. The van der Waals surface area contributed by atoms with Crippen LogP contribution in [0, 0.1) is 0 Å². The van der Waals surface area contributed by atoms with Crippen LogP contribution in [-0.2, 0) is 4.79 Å². The number of hydrogen-bond donors (Lipinski definition) is 0. The lowest BCUT2D eigenvalue weighted by atomic mass is 10.3. The molecule has 0 spiro atoms. The molecule has 0 aromatic heterocycles. The fourth-order valence-corrected chi connectivity index (χ4v) is 1.53. The van der Waals surface area contributed by atoms with Crippen LogP contribution in [0.15, 0.2) is 30.3 Å². The first-order valence-corrected chi connectivity index (χ1v) is 5.59. The zero-order valence-electron chi connectivity index (χ0n) is 8.23. The lowest BCUT2D eigenvalue weighted by Crippen LogP contribution is -1.99. The second-order valence-corrected chi connectivity index (χ2v) is 4.13. The first-order chi connectivity index (χ1) is 6.79. The number of para-hydroxylation sites is 1. The molecule has 0 saturated carbocycles. The number of carbonyl (C=O) groups is 1. The molecule has 0 saturated heterocycles. The van der Waals surface area contributed by atoms with Gasteiger partial charge in [-0.05, 0) is 18.6 Å². The minimum atomic E-state index is 0.171. The Balaban J connectivity index is 2.08. The Morgan fingerprint density at radius 1 is 1.36 bits per heavy atom. The summed E-state index contributed by atoms with van der Waals surface area (Å²) in [6, 6.07) is 9.70. The highest BCUT2D eigenvalue weighted by Gasteiger charge is 1.95. The van der Waals surface area contributed by atoms with Gasteiger partial charge in [-0.2, -0.15) is 0 Å². The molecular formula is C11H14O2S. The highest BCUT2D eigenvalue weighted by molar-refractivity contribution is 8.13. The zero-order chi connectivity index (χ0) is 10.2. The Labute approximate surface area is 88.7 Å². The standard InChI is InChI=1S/C11H14O2S/c1-10(12)14-9-5-8-13-11-6-3-2-4-7-11/h2-4,6-7H,5,8-9H2,1H3. The van der Waals surface area contributed by atoms with E-state index in [2.05, 4.69) is 0 Å². The fourth-order valence-electron chi connectivity index (χ4n) is 0.982. The average molecular weight is 210 g/mol. The Hall–Kier alpha value is -0.960. The molecule has 1 rings (SSSR count). The highest BCUT2D eigenvalue weighted by atomic mass is 32.2. The molecule has 0 N–H and O–H groups in total. The Morgan fingerprint density at radius 3 is 2.71 bits per heavy atom. The Bertz CT molecular complexity index is 272. The van der Waals surface area contributed by atoms with Crippen LogP contribution in [-0.4, -0.2) is 17.5 Å². The van der Waals surface area contributed by atoms with Gasteiger partial charge in [0, 0.05) is 12.7 Å². The fraction of sp³-hybridized carbons (Fsp3) is 0.364. The van der Waals surface area contributed by atoms with E-state index >= 15 is 0 Å². The summed E-state index contributed by atoms with van der Waals surface area (Å²) in [6.45, 7) is 2.26. The summed E-state index contributed by atoms with van der Waals surface area (Å²) in [4.78, 5) is 10.6. The number of hydrogen-bond acceptors (Lipinski definition) is 3. The molecule has 0 bridgehead atoms. The third-order valence-electron chi connectivity index (χ3n) is 1.61. The van der Waals surface area contributed by atoms with Crippen molar-refractivity contribution >= 4 is 16.9 Å². The van der Waals surface area contributed by atoms with Crippen molar-refractivity contribution < 1.29 is 9.53 Å². The molecule has 3 heteroatoms. The molecule has 0 aliphatic heterocycles. The lowest BCUT2D eigenvalue weighted by molar-refractivity contribution is -0.109. The van der Waals surface area contributed by atoms with E-state index in [1.807, 2.05) is 30.3 Å². The van der Waals surface area contributed by atoms with Crippen LogP contribution in [0.5, 0.6) is 5.75 Å². The van der Waals surface area contributed by atoms with E-state index in [1.54, 1.807) is 6.92 Å². The molecule has 14 heavy (non-hydrogen) atoms. The van der Waals surface area contributed by atoms with Gasteiger partial charge < -0.3 is 4.74 Å². The predicted molar refractivity (Wildman–Crippen MR) is 59.7 cm³/mol. The van der Waals surface area contributed by atoms with E-state index in [0.717, 1.165) is 17.9 Å². The number of thioether (sulfide) groups is 1. The minimum absolute atomic E-state index is 0.171. The molecule has 0 aliphatic rings. The van der Waals surface area contributed by atoms with Gasteiger partial charge in [-0.25, -0.2) is 0 Å². The van der Waals surface area contributed by atoms with Crippen LogP contribution < -0.4 is 4.74 Å². The van der Waals surface area contributed by atoms with E-state index < -0.39 is 0 Å². The maximum Gasteiger partial charge on any atom is 0.185 e. The summed E-state index contributed by atoms with van der Waals surface area (Å²) in [5.41, 5.74) is 0. The highest BCUT2D eigenvalue weighted by Crippen LogP contribution is 2.09. The zero-order valence-corrected chi connectivity index (χ0v) is 9.05. The molecule has 2 nitrogen and oxygen atoms in total. The van der Waals surface area contributed by atoms with E-state index in [1.165, 1.54) is 11.8 Å². The molecule has 0 radical (unpaired) electrons. The lowest BCUT2D eigenvalue weighted by Gasteiger charge is -2.04. The van der Waals surface area contributed by atoms with Gasteiger partial charge in [0.05, 0.1) is 6.61 Å². The van der Waals surface area contributed by atoms with Crippen LogP contribution in [0.2, 0.25) is 0 Å². The van der Waals surface area contributed by atoms with Crippen molar-refractivity contribution in [2.75, 3.05) is 12.4 Å². The van der Waals surface area contributed by atoms with Crippen LogP contribution in [0.1, 0.15) is 13.3 Å². The van der Waals surface area contributed by atoms with Gasteiger partial charge in [0.1, 0.15) is 5.75 Å². The van der Waals surface area contributed by atoms with E-state index in [9.17, 15) is 4.79 Å². The second kappa shape index (κ2) is 6.49. The molecular weight excluding hydrogens is 196 g/mol. The number of benzene rings is 1. The first kappa shape index (κ1) is 11.1. The summed E-state index contributed by atoms with van der Waals surface area (Å²) >= 11 is 1.35. The van der Waals surface area contributed by atoms with Crippen molar-refractivity contribution in [1.29, 1.82) is 0 Å². The summed E-state index contributed by atoms with van der Waals surface area (Å²) in [7, 11) is 0. The summed E-state index contributed by atoms with van der Waals surface area (Å²) in [5, 5.41) is 0.171. The van der Waals surface area contributed by atoms with Gasteiger partial charge >= 0.3 is 0 Å². The molecule has 0 fully saturated rings. The smallest absolute Gasteiger partial charge is 0.185 e. The second-order valence-electron chi connectivity index (χ2n) is 2.86. The van der Waals surface area contributed by atoms with Crippen molar-refractivity contribution in [2.45, 2.75) is 13.3 Å². The number of ether oxygens (including phenoxy) is 1. The largest absolute Gasteiger partial charge is 0.494 e. The molecule has 0 amide bonds. The normalized spacial score (nSPS) is 9.79. The molecule has 76 valence electrons. The topological polar surface area (TPSA) is 26.3 Å². The van der Waals surface area contributed by atoms with Crippen molar-refractivity contribution in [3.8, 4) is 5.75 Å². The van der Waals surface area contributed by atoms with E-state index in [4.69, 9.17) is 4.74 Å². The average Bonchev–Trinajstić information content (AvgIpc) is 2.18. The number of carbonyl (C=O) groups excluding carboxylic acids is 1. The minimum Gasteiger partial charge on any atom is -0.494 e. The van der Waals surface area contributed by atoms with Gasteiger partial charge in [-0.3, -0.25) is 4.79 Å². The van der Waals surface area contributed by atoms with Crippen LogP contribution in [0.25, 0.3) is 0 Å². The molecule has 1 aromatic rings. The van der Waals surface area contributed by atoms with E-state index in [0.29, 0.717) is 6.61 Å². The predicted octanol–water partition coefficient (Wildman–Crippen LogP) is 2.74. The Morgan fingerprint density at radius 2 is 2.07 bits per heavy atom.